The SMILES string of the molecule is CC[C@@H](O)[C@](C)(O)C(C)(C)O. The van der Waals surface area contributed by atoms with Crippen molar-refractivity contribution in [2.45, 2.75) is 51.4 Å². The Balaban J connectivity index is 4.45. The molecule has 0 spiro atoms. The second-order valence-corrected chi connectivity index (χ2v) is 3.63. The zero-order chi connectivity index (χ0) is 9.28. The molecule has 68 valence electrons. The fourth-order valence-electron chi connectivity index (χ4n) is 0.805. The Hall–Kier alpha value is -0.120. The summed E-state index contributed by atoms with van der Waals surface area (Å²) >= 11 is 0. The molecule has 0 saturated carbocycles. The van der Waals surface area contributed by atoms with Crippen LogP contribution in [-0.2, 0) is 0 Å². The maximum Gasteiger partial charge on any atom is 0.116 e. The highest BCUT2D eigenvalue weighted by Gasteiger charge is 2.42. The second-order valence-electron chi connectivity index (χ2n) is 3.63. The highest BCUT2D eigenvalue weighted by atomic mass is 16.4. The van der Waals surface area contributed by atoms with Gasteiger partial charge in [-0.3, -0.25) is 0 Å². The first kappa shape index (κ1) is 10.9. The van der Waals surface area contributed by atoms with E-state index in [0.29, 0.717) is 6.42 Å². The smallest absolute Gasteiger partial charge is 0.116 e. The van der Waals surface area contributed by atoms with Crippen LogP contribution in [0.3, 0.4) is 0 Å². The lowest BCUT2D eigenvalue weighted by Crippen LogP contribution is -2.55. The van der Waals surface area contributed by atoms with E-state index in [0.717, 1.165) is 0 Å². The van der Waals surface area contributed by atoms with E-state index in [1.54, 1.807) is 6.92 Å². The number of hydrogen-bond donors (Lipinski definition) is 3. The van der Waals surface area contributed by atoms with Crippen molar-refractivity contribution in [3.63, 3.8) is 0 Å². The van der Waals surface area contributed by atoms with Crippen molar-refractivity contribution in [1.82, 2.24) is 0 Å². The van der Waals surface area contributed by atoms with Gasteiger partial charge in [-0.15, -0.1) is 0 Å². The van der Waals surface area contributed by atoms with Gasteiger partial charge in [0, 0.05) is 0 Å². The Labute approximate surface area is 67.7 Å². The van der Waals surface area contributed by atoms with E-state index >= 15 is 0 Å². The lowest BCUT2D eigenvalue weighted by atomic mass is 9.82. The third kappa shape index (κ3) is 2.15. The standard InChI is InChI=1S/C8H18O3/c1-5-6(9)8(4,11)7(2,3)10/h6,9-11H,5H2,1-4H3/t6-,8+/m1/s1. The molecular weight excluding hydrogens is 144 g/mol. The molecule has 0 saturated heterocycles. The molecule has 11 heavy (non-hydrogen) atoms. The van der Waals surface area contributed by atoms with Crippen LogP contribution in [0.1, 0.15) is 34.1 Å². The summed E-state index contributed by atoms with van der Waals surface area (Å²) in [5.74, 6) is 0. The lowest BCUT2D eigenvalue weighted by Gasteiger charge is -2.38. The van der Waals surface area contributed by atoms with Gasteiger partial charge in [0.05, 0.1) is 11.7 Å². The first-order chi connectivity index (χ1) is 4.73. The van der Waals surface area contributed by atoms with Gasteiger partial charge in [0.1, 0.15) is 5.60 Å². The van der Waals surface area contributed by atoms with E-state index < -0.39 is 17.3 Å². The second kappa shape index (κ2) is 3.09. The predicted octanol–water partition coefficient (Wildman–Crippen LogP) is 0.279. The third-order valence-corrected chi connectivity index (χ3v) is 2.27. The van der Waals surface area contributed by atoms with Crippen LogP contribution in [0, 0.1) is 0 Å². The number of aliphatic hydroxyl groups is 3. The minimum absolute atomic E-state index is 0.428. The van der Waals surface area contributed by atoms with Crippen molar-refractivity contribution >= 4 is 0 Å². The van der Waals surface area contributed by atoms with Crippen molar-refractivity contribution in [1.29, 1.82) is 0 Å². The zero-order valence-electron chi connectivity index (χ0n) is 7.63. The maximum atomic E-state index is 9.62. The Kier molecular flexibility index (Phi) is 3.06. The molecule has 2 atom stereocenters. The van der Waals surface area contributed by atoms with E-state index in [9.17, 15) is 15.3 Å². The fraction of sp³-hybridized carbons (Fsp3) is 1.00. The van der Waals surface area contributed by atoms with Crippen LogP contribution in [0.2, 0.25) is 0 Å². The summed E-state index contributed by atoms with van der Waals surface area (Å²) < 4.78 is 0. The lowest BCUT2D eigenvalue weighted by molar-refractivity contribution is -0.176. The average Bonchev–Trinajstić information content (AvgIpc) is 1.83. The van der Waals surface area contributed by atoms with Gasteiger partial charge in [-0.1, -0.05) is 6.92 Å². The monoisotopic (exact) mass is 162 g/mol. The molecule has 0 aliphatic carbocycles. The molecule has 0 unspecified atom stereocenters. The van der Waals surface area contributed by atoms with E-state index in [2.05, 4.69) is 0 Å². The summed E-state index contributed by atoms with van der Waals surface area (Å²) in [4.78, 5) is 0. The molecule has 0 fully saturated rings. The molecule has 3 nitrogen and oxygen atoms in total. The molecule has 3 heteroatoms. The highest BCUT2D eigenvalue weighted by Crippen LogP contribution is 2.26. The molecule has 0 aromatic rings. The van der Waals surface area contributed by atoms with Crippen LogP contribution in [0.4, 0.5) is 0 Å². The first-order valence-electron chi connectivity index (χ1n) is 3.86. The summed E-state index contributed by atoms with van der Waals surface area (Å²) in [6.07, 6.45) is -0.459. The van der Waals surface area contributed by atoms with Gasteiger partial charge < -0.3 is 15.3 Å². The number of rotatable bonds is 3. The molecule has 0 amide bonds. The van der Waals surface area contributed by atoms with Gasteiger partial charge in [-0.25, -0.2) is 0 Å². The van der Waals surface area contributed by atoms with Crippen molar-refractivity contribution in [2.24, 2.45) is 0 Å². The Bertz CT molecular complexity index is 124. The van der Waals surface area contributed by atoms with Crippen LogP contribution >= 0.6 is 0 Å². The quantitative estimate of drug-likeness (QED) is 0.558. The molecule has 0 aromatic heterocycles. The fourth-order valence-corrected chi connectivity index (χ4v) is 0.805. The Morgan fingerprint density at radius 1 is 1.18 bits per heavy atom. The molecule has 0 bridgehead atoms. The van der Waals surface area contributed by atoms with E-state index in [1.165, 1.54) is 20.8 Å². The minimum atomic E-state index is -1.44. The summed E-state index contributed by atoms with van der Waals surface area (Å²) in [7, 11) is 0. The van der Waals surface area contributed by atoms with E-state index in [1.807, 2.05) is 0 Å². The highest BCUT2D eigenvalue weighted by molar-refractivity contribution is 4.94. The van der Waals surface area contributed by atoms with Crippen LogP contribution in [-0.4, -0.2) is 32.6 Å². The summed E-state index contributed by atoms with van der Waals surface area (Å²) in [5.41, 5.74) is -2.72. The molecule has 0 rings (SSSR count). The van der Waals surface area contributed by atoms with Crippen LogP contribution < -0.4 is 0 Å². The first-order valence-corrected chi connectivity index (χ1v) is 3.86. The minimum Gasteiger partial charge on any atom is -0.390 e. The van der Waals surface area contributed by atoms with Gasteiger partial charge in [-0.05, 0) is 27.2 Å². The van der Waals surface area contributed by atoms with Crippen LogP contribution in [0.25, 0.3) is 0 Å². The normalized spacial score (nSPS) is 21.0. The molecule has 0 heterocycles. The molecule has 0 aliphatic heterocycles. The molecule has 3 N–H and O–H groups in total. The van der Waals surface area contributed by atoms with Crippen molar-refractivity contribution in [3.8, 4) is 0 Å². The predicted molar refractivity (Wildman–Crippen MR) is 43.2 cm³/mol. The van der Waals surface area contributed by atoms with Crippen LogP contribution in [0.5, 0.6) is 0 Å². The topological polar surface area (TPSA) is 60.7 Å². The molecule has 0 radical (unpaired) electrons. The van der Waals surface area contributed by atoms with Gasteiger partial charge in [0.2, 0.25) is 0 Å². The van der Waals surface area contributed by atoms with Gasteiger partial charge in [0.25, 0.3) is 0 Å². The maximum absolute atomic E-state index is 9.62. The Morgan fingerprint density at radius 3 is 1.64 bits per heavy atom. The van der Waals surface area contributed by atoms with E-state index in [4.69, 9.17) is 0 Å². The van der Waals surface area contributed by atoms with E-state index in [-0.39, 0.29) is 0 Å². The van der Waals surface area contributed by atoms with Crippen molar-refractivity contribution in [3.05, 3.63) is 0 Å². The Morgan fingerprint density at radius 2 is 1.55 bits per heavy atom. The molecular formula is C8H18O3. The van der Waals surface area contributed by atoms with Crippen molar-refractivity contribution in [2.75, 3.05) is 0 Å². The largest absolute Gasteiger partial charge is 0.390 e. The molecule has 0 aliphatic rings. The molecule has 0 aromatic carbocycles. The average molecular weight is 162 g/mol. The van der Waals surface area contributed by atoms with Gasteiger partial charge in [0.15, 0.2) is 0 Å². The zero-order valence-corrected chi connectivity index (χ0v) is 7.63. The van der Waals surface area contributed by atoms with Crippen molar-refractivity contribution < 1.29 is 15.3 Å². The van der Waals surface area contributed by atoms with Crippen LogP contribution in [0.15, 0.2) is 0 Å². The summed E-state index contributed by atoms with van der Waals surface area (Å²) in [5, 5.41) is 28.4. The number of hydrogen-bond acceptors (Lipinski definition) is 3. The summed E-state index contributed by atoms with van der Waals surface area (Å²) in [6.45, 7) is 6.14. The van der Waals surface area contributed by atoms with Gasteiger partial charge in [-0.2, -0.15) is 0 Å². The number of aliphatic hydroxyl groups excluding tert-OH is 1. The third-order valence-electron chi connectivity index (χ3n) is 2.27. The summed E-state index contributed by atoms with van der Waals surface area (Å²) in [6, 6.07) is 0. The van der Waals surface area contributed by atoms with Gasteiger partial charge >= 0.3 is 0 Å².